The zero-order valence-corrected chi connectivity index (χ0v) is 11.3. The van der Waals surface area contributed by atoms with Crippen LogP contribution < -0.4 is 0 Å². The van der Waals surface area contributed by atoms with E-state index >= 15 is 0 Å². The summed E-state index contributed by atoms with van der Waals surface area (Å²) in [5, 5.41) is 0. The molecule has 0 spiro atoms. The summed E-state index contributed by atoms with van der Waals surface area (Å²) in [5.41, 5.74) is 0.871. The number of morpholine rings is 1. The lowest BCUT2D eigenvalue weighted by Crippen LogP contribution is -2.43. The molecule has 0 aromatic heterocycles. The van der Waals surface area contributed by atoms with E-state index in [2.05, 4.69) is 4.90 Å². The van der Waals surface area contributed by atoms with Gasteiger partial charge in [0, 0.05) is 33.9 Å². The average molecular weight is 269 g/mol. The minimum Gasteiger partial charge on any atom is -0.371 e. The topological polar surface area (TPSA) is 30.9 Å². The van der Waals surface area contributed by atoms with Crippen LogP contribution in [0.25, 0.3) is 0 Å². The molecular formula is C14H20FNO3. The minimum atomic E-state index is -0.244. The molecule has 0 unspecified atom stereocenters. The Kier molecular flexibility index (Phi) is 5.27. The van der Waals surface area contributed by atoms with Crippen molar-refractivity contribution in [1.82, 2.24) is 4.90 Å². The lowest BCUT2D eigenvalue weighted by Gasteiger charge is -2.34. The first-order valence-electron chi connectivity index (χ1n) is 6.38. The van der Waals surface area contributed by atoms with Crippen molar-refractivity contribution in [1.29, 1.82) is 0 Å². The molecule has 1 fully saturated rings. The summed E-state index contributed by atoms with van der Waals surface area (Å²) in [4.78, 5) is 2.21. The maximum absolute atomic E-state index is 13.2. The lowest BCUT2D eigenvalue weighted by molar-refractivity contribution is -0.131. The molecule has 106 valence electrons. The highest BCUT2D eigenvalue weighted by molar-refractivity contribution is 5.19. The van der Waals surface area contributed by atoms with E-state index in [0.29, 0.717) is 19.7 Å². The van der Waals surface area contributed by atoms with Gasteiger partial charge in [0.15, 0.2) is 6.29 Å². The normalized spacial score (nSPS) is 20.9. The Hall–Kier alpha value is -1.01. The van der Waals surface area contributed by atoms with E-state index in [1.807, 2.05) is 6.07 Å². The highest BCUT2D eigenvalue weighted by atomic mass is 19.1. The van der Waals surface area contributed by atoms with Gasteiger partial charge in [0.1, 0.15) is 5.82 Å². The molecule has 0 aliphatic carbocycles. The number of nitrogens with zero attached hydrogens (tertiary/aromatic N) is 1. The van der Waals surface area contributed by atoms with Crippen molar-refractivity contribution >= 4 is 0 Å². The number of hydrogen-bond acceptors (Lipinski definition) is 4. The van der Waals surface area contributed by atoms with Gasteiger partial charge in [-0.15, -0.1) is 0 Å². The van der Waals surface area contributed by atoms with Gasteiger partial charge >= 0.3 is 0 Å². The molecule has 4 nitrogen and oxygen atoms in total. The van der Waals surface area contributed by atoms with E-state index in [4.69, 9.17) is 14.2 Å². The van der Waals surface area contributed by atoms with Gasteiger partial charge in [-0.05, 0) is 17.7 Å². The number of methoxy groups -OCH3 is 2. The smallest absolute Gasteiger partial charge is 0.169 e. The quantitative estimate of drug-likeness (QED) is 0.763. The van der Waals surface area contributed by atoms with Crippen LogP contribution in [0.2, 0.25) is 0 Å². The van der Waals surface area contributed by atoms with Crippen LogP contribution in [0.1, 0.15) is 11.7 Å². The predicted octanol–water partition coefficient (Wildman–Crippen LogP) is 1.82. The van der Waals surface area contributed by atoms with Crippen molar-refractivity contribution in [3.05, 3.63) is 35.6 Å². The largest absolute Gasteiger partial charge is 0.371 e. The summed E-state index contributed by atoms with van der Waals surface area (Å²) < 4.78 is 29.3. The van der Waals surface area contributed by atoms with Crippen molar-refractivity contribution in [2.24, 2.45) is 0 Å². The highest BCUT2D eigenvalue weighted by Crippen LogP contribution is 2.23. The Labute approximate surface area is 113 Å². The van der Waals surface area contributed by atoms with Crippen LogP contribution in [0.3, 0.4) is 0 Å². The minimum absolute atomic E-state index is 0.0983. The maximum atomic E-state index is 13.2. The Balaban J connectivity index is 1.97. The maximum Gasteiger partial charge on any atom is 0.169 e. The first-order valence-corrected chi connectivity index (χ1v) is 6.38. The molecule has 19 heavy (non-hydrogen) atoms. The molecule has 2 rings (SSSR count). The molecular weight excluding hydrogens is 249 g/mol. The van der Waals surface area contributed by atoms with Crippen molar-refractivity contribution in [2.75, 3.05) is 40.5 Å². The monoisotopic (exact) mass is 269 g/mol. The second-order valence-corrected chi connectivity index (χ2v) is 4.57. The molecule has 5 heteroatoms. The Morgan fingerprint density at radius 3 is 2.89 bits per heavy atom. The zero-order chi connectivity index (χ0) is 13.7. The Morgan fingerprint density at radius 1 is 1.42 bits per heavy atom. The predicted molar refractivity (Wildman–Crippen MR) is 69.3 cm³/mol. The molecule has 1 aromatic carbocycles. The van der Waals surface area contributed by atoms with Crippen LogP contribution in [-0.4, -0.2) is 51.7 Å². The van der Waals surface area contributed by atoms with Crippen molar-refractivity contribution in [3.63, 3.8) is 0 Å². The molecule has 0 radical (unpaired) electrons. The number of rotatable bonds is 5. The van der Waals surface area contributed by atoms with Gasteiger partial charge in [0.2, 0.25) is 0 Å². The fourth-order valence-electron chi connectivity index (χ4n) is 2.23. The Bertz CT molecular complexity index is 398. The molecule has 0 amide bonds. The van der Waals surface area contributed by atoms with Gasteiger partial charge < -0.3 is 14.2 Å². The van der Waals surface area contributed by atoms with Gasteiger partial charge in [-0.3, -0.25) is 4.90 Å². The third kappa shape index (κ3) is 3.98. The number of hydrogen-bond donors (Lipinski definition) is 0. The van der Waals surface area contributed by atoms with Crippen molar-refractivity contribution in [2.45, 2.75) is 12.4 Å². The van der Waals surface area contributed by atoms with Gasteiger partial charge in [0.05, 0.1) is 12.7 Å². The number of halogens is 1. The summed E-state index contributed by atoms with van der Waals surface area (Å²) in [6.07, 6.45) is -0.343. The van der Waals surface area contributed by atoms with Crippen LogP contribution in [0, 0.1) is 5.82 Å². The second kappa shape index (κ2) is 6.96. The highest BCUT2D eigenvalue weighted by Gasteiger charge is 2.24. The van der Waals surface area contributed by atoms with Gasteiger partial charge in [0.25, 0.3) is 0 Å². The Morgan fingerprint density at radius 2 is 2.21 bits per heavy atom. The first-order chi connectivity index (χ1) is 9.22. The summed E-state index contributed by atoms with van der Waals surface area (Å²) in [6.45, 7) is 2.85. The van der Waals surface area contributed by atoms with Crippen molar-refractivity contribution in [3.8, 4) is 0 Å². The van der Waals surface area contributed by atoms with E-state index in [0.717, 1.165) is 12.1 Å². The molecule has 0 N–H and O–H groups in total. The first kappa shape index (κ1) is 14.4. The van der Waals surface area contributed by atoms with Crippen LogP contribution >= 0.6 is 0 Å². The molecule has 0 saturated carbocycles. The number of benzene rings is 1. The molecule has 1 aromatic rings. The standard InChI is InChI=1S/C14H20FNO3/c1-17-14(18-2)10-16-6-7-19-13(9-16)11-4-3-5-12(15)8-11/h3-5,8,13-14H,6-7,9-10H2,1-2H3/t13-/m0/s1. The molecule has 0 bridgehead atoms. The van der Waals surface area contributed by atoms with E-state index in [9.17, 15) is 4.39 Å². The zero-order valence-electron chi connectivity index (χ0n) is 11.3. The van der Waals surface area contributed by atoms with Gasteiger partial charge in [-0.2, -0.15) is 0 Å². The molecule has 1 saturated heterocycles. The van der Waals surface area contributed by atoms with Crippen LogP contribution in [-0.2, 0) is 14.2 Å². The van der Waals surface area contributed by atoms with E-state index in [-0.39, 0.29) is 18.2 Å². The average Bonchev–Trinajstić information content (AvgIpc) is 2.45. The lowest BCUT2D eigenvalue weighted by atomic mass is 10.1. The summed E-state index contributed by atoms with van der Waals surface area (Å²) in [5.74, 6) is -0.232. The van der Waals surface area contributed by atoms with Crippen molar-refractivity contribution < 1.29 is 18.6 Å². The van der Waals surface area contributed by atoms with Crippen LogP contribution in [0.4, 0.5) is 4.39 Å². The third-order valence-corrected chi connectivity index (χ3v) is 3.30. The molecule has 1 aliphatic heterocycles. The summed E-state index contributed by atoms with van der Waals surface area (Å²) >= 11 is 0. The van der Waals surface area contributed by atoms with Gasteiger partial charge in [-0.1, -0.05) is 12.1 Å². The molecule has 1 atom stereocenters. The van der Waals surface area contributed by atoms with E-state index in [1.54, 1.807) is 20.3 Å². The van der Waals surface area contributed by atoms with Crippen LogP contribution in [0.5, 0.6) is 0 Å². The van der Waals surface area contributed by atoms with Crippen LogP contribution in [0.15, 0.2) is 24.3 Å². The fraction of sp³-hybridized carbons (Fsp3) is 0.571. The second-order valence-electron chi connectivity index (χ2n) is 4.57. The summed E-state index contributed by atoms with van der Waals surface area (Å²) in [7, 11) is 3.25. The molecule has 1 heterocycles. The van der Waals surface area contributed by atoms with Gasteiger partial charge in [-0.25, -0.2) is 4.39 Å². The van der Waals surface area contributed by atoms with E-state index < -0.39 is 0 Å². The summed E-state index contributed by atoms with van der Waals surface area (Å²) in [6, 6.07) is 6.57. The molecule has 1 aliphatic rings. The fourth-order valence-corrected chi connectivity index (χ4v) is 2.23. The number of ether oxygens (including phenoxy) is 3. The third-order valence-electron chi connectivity index (χ3n) is 3.30. The SMILES string of the molecule is COC(CN1CCO[C@H](c2cccc(F)c2)C1)OC. The van der Waals surface area contributed by atoms with E-state index in [1.165, 1.54) is 12.1 Å².